The number of carbonyl (C=O) groups excluding carboxylic acids is 2. The molecule has 7 nitrogen and oxygen atoms in total. The SMILES string of the molecule is COC(=O)Cn1c(=NC(=O)c2ccc(F)cc2)sc2cc(OC)c(OC)cc21. The number of rotatable bonds is 5. The van der Waals surface area contributed by atoms with E-state index in [-0.39, 0.29) is 12.1 Å². The second-order valence-corrected chi connectivity index (χ2v) is 6.65. The Kier molecular flexibility index (Phi) is 5.74. The van der Waals surface area contributed by atoms with Gasteiger partial charge in [0.15, 0.2) is 16.3 Å². The Hall–Kier alpha value is -3.20. The Labute approximate surface area is 163 Å². The zero-order chi connectivity index (χ0) is 20.3. The summed E-state index contributed by atoms with van der Waals surface area (Å²) in [5, 5.41) is 0. The molecule has 146 valence electrons. The van der Waals surface area contributed by atoms with Crippen LogP contribution in [0.25, 0.3) is 10.2 Å². The molecule has 28 heavy (non-hydrogen) atoms. The first kappa shape index (κ1) is 19.6. The maximum absolute atomic E-state index is 13.1. The number of hydrogen-bond acceptors (Lipinski definition) is 6. The van der Waals surface area contributed by atoms with Crippen LogP contribution in [-0.4, -0.2) is 37.8 Å². The maximum Gasteiger partial charge on any atom is 0.325 e. The van der Waals surface area contributed by atoms with Gasteiger partial charge in [-0.3, -0.25) is 9.59 Å². The van der Waals surface area contributed by atoms with Crippen molar-refractivity contribution >= 4 is 33.4 Å². The van der Waals surface area contributed by atoms with E-state index in [1.165, 1.54) is 56.9 Å². The highest BCUT2D eigenvalue weighted by Crippen LogP contribution is 2.33. The van der Waals surface area contributed by atoms with Gasteiger partial charge in [0.25, 0.3) is 5.91 Å². The standard InChI is InChI=1S/C19H17FN2O5S/c1-25-14-8-13-16(9-15(14)26-2)28-19(22(13)10-17(23)27-3)21-18(24)11-4-6-12(20)7-5-11/h4-9H,10H2,1-3H3. The maximum atomic E-state index is 13.1. The number of fused-ring (bicyclic) bond motifs is 1. The van der Waals surface area contributed by atoms with E-state index in [9.17, 15) is 14.0 Å². The van der Waals surface area contributed by atoms with Crippen LogP contribution in [0.2, 0.25) is 0 Å². The van der Waals surface area contributed by atoms with Crippen LogP contribution >= 0.6 is 11.3 Å². The summed E-state index contributed by atoms with van der Waals surface area (Å²) in [6.07, 6.45) is 0. The predicted molar refractivity (Wildman–Crippen MR) is 101 cm³/mol. The molecule has 0 saturated heterocycles. The fourth-order valence-corrected chi connectivity index (χ4v) is 3.61. The van der Waals surface area contributed by atoms with Crippen LogP contribution in [0.15, 0.2) is 41.4 Å². The average molecular weight is 404 g/mol. The predicted octanol–water partition coefficient (Wildman–Crippen LogP) is 2.77. The van der Waals surface area contributed by atoms with Gasteiger partial charge in [0.05, 0.1) is 31.5 Å². The Balaban J connectivity index is 2.19. The number of hydrogen-bond donors (Lipinski definition) is 0. The van der Waals surface area contributed by atoms with Crippen molar-refractivity contribution < 1.29 is 28.2 Å². The van der Waals surface area contributed by atoms with Gasteiger partial charge in [-0.25, -0.2) is 4.39 Å². The lowest BCUT2D eigenvalue weighted by Crippen LogP contribution is -2.22. The van der Waals surface area contributed by atoms with Crippen molar-refractivity contribution in [2.75, 3.05) is 21.3 Å². The molecule has 0 saturated carbocycles. The molecule has 0 aliphatic carbocycles. The van der Waals surface area contributed by atoms with Crippen LogP contribution in [0.3, 0.4) is 0 Å². The third-order valence-corrected chi connectivity index (χ3v) is 5.03. The summed E-state index contributed by atoms with van der Waals surface area (Å²) < 4.78 is 30.8. The van der Waals surface area contributed by atoms with E-state index in [0.29, 0.717) is 21.8 Å². The van der Waals surface area contributed by atoms with Crippen LogP contribution in [0.4, 0.5) is 4.39 Å². The topological polar surface area (TPSA) is 79.1 Å². The van der Waals surface area contributed by atoms with Crippen molar-refractivity contribution in [2.45, 2.75) is 6.54 Å². The molecule has 0 spiro atoms. The highest BCUT2D eigenvalue weighted by molar-refractivity contribution is 7.16. The minimum Gasteiger partial charge on any atom is -0.493 e. The first-order valence-electron chi connectivity index (χ1n) is 8.13. The van der Waals surface area contributed by atoms with Gasteiger partial charge < -0.3 is 18.8 Å². The van der Waals surface area contributed by atoms with E-state index in [1.54, 1.807) is 16.7 Å². The lowest BCUT2D eigenvalue weighted by atomic mass is 10.2. The fraction of sp³-hybridized carbons (Fsp3) is 0.211. The normalized spacial score (nSPS) is 11.5. The Bertz CT molecular complexity index is 1100. The number of aromatic nitrogens is 1. The fourth-order valence-electron chi connectivity index (χ4n) is 2.57. The number of carbonyl (C=O) groups is 2. The quantitative estimate of drug-likeness (QED) is 0.611. The van der Waals surface area contributed by atoms with Crippen LogP contribution < -0.4 is 14.3 Å². The van der Waals surface area contributed by atoms with E-state index in [4.69, 9.17) is 14.2 Å². The Morgan fingerprint density at radius 2 is 1.71 bits per heavy atom. The van der Waals surface area contributed by atoms with Gasteiger partial charge in [0, 0.05) is 17.7 Å². The van der Waals surface area contributed by atoms with Gasteiger partial charge in [-0.2, -0.15) is 4.99 Å². The van der Waals surface area contributed by atoms with Gasteiger partial charge in [-0.1, -0.05) is 11.3 Å². The van der Waals surface area contributed by atoms with E-state index < -0.39 is 17.7 Å². The van der Waals surface area contributed by atoms with Crippen LogP contribution in [0, 0.1) is 5.82 Å². The molecule has 3 aromatic rings. The number of esters is 1. The molecule has 0 radical (unpaired) electrons. The number of ether oxygens (including phenoxy) is 3. The van der Waals surface area contributed by atoms with Crippen LogP contribution in [-0.2, 0) is 16.1 Å². The first-order chi connectivity index (χ1) is 13.5. The van der Waals surface area contributed by atoms with Gasteiger partial charge in [-0.15, -0.1) is 0 Å². The molecule has 9 heteroatoms. The second kappa shape index (κ2) is 8.22. The van der Waals surface area contributed by atoms with E-state index in [1.807, 2.05) is 0 Å². The van der Waals surface area contributed by atoms with E-state index in [2.05, 4.69) is 4.99 Å². The van der Waals surface area contributed by atoms with Crippen molar-refractivity contribution in [1.82, 2.24) is 4.57 Å². The number of benzene rings is 2. The Morgan fingerprint density at radius 1 is 1.07 bits per heavy atom. The highest BCUT2D eigenvalue weighted by Gasteiger charge is 2.16. The highest BCUT2D eigenvalue weighted by atomic mass is 32.1. The summed E-state index contributed by atoms with van der Waals surface area (Å²) in [6, 6.07) is 8.52. The van der Waals surface area contributed by atoms with Crippen molar-refractivity contribution in [1.29, 1.82) is 0 Å². The van der Waals surface area contributed by atoms with Crippen molar-refractivity contribution in [2.24, 2.45) is 4.99 Å². The lowest BCUT2D eigenvalue weighted by Gasteiger charge is -2.09. The van der Waals surface area contributed by atoms with Gasteiger partial charge in [0.1, 0.15) is 12.4 Å². The van der Waals surface area contributed by atoms with Gasteiger partial charge in [-0.05, 0) is 24.3 Å². The smallest absolute Gasteiger partial charge is 0.325 e. The van der Waals surface area contributed by atoms with Crippen LogP contribution in [0.5, 0.6) is 11.5 Å². The molecule has 0 aliphatic rings. The molecule has 1 amide bonds. The minimum atomic E-state index is -0.552. The Morgan fingerprint density at radius 3 is 2.32 bits per heavy atom. The third kappa shape index (κ3) is 3.89. The molecule has 0 bridgehead atoms. The van der Waals surface area contributed by atoms with Gasteiger partial charge >= 0.3 is 5.97 Å². The summed E-state index contributed by atoms with van der Waals surface area (Å²) in [7, 11) is 4.30. The number of thiazole rings is 1. The monoisotopic (exact) mass is 404 g/mol. The molecule has 0 aliphatic heterocycles. The largest absolute Gasteiger partial charge is 0.493 e. The summed E-state index contributed by atoms with van der Waals surface area (Å²) in [6.45, 7) is -0.137. The van der Waals surface area contributed by atoms with Crippen LogP contribution in [0.1, 0.15) is 10.4 Å². The molecular formula is C19H17FN2O5S. The number of nitrogens with zero attached hydrogens (tertiary/aromatic N) is 2. The van der Waals surface area contributed by atoms with Crippen molar-refractivity contribution in [3.8, 4) is 11.5 Å². The molecule has 0 N–H and O–H groups in total. The molecule has 0 unspecified atom stereocenters. The zero-order valence-electron chi connectivity index (χ0n) is 15.4. The molecule has 2 aromatic carbocycles. The summed E-state index contributed by atoms with van der Waals surface area (Å²) in [4.78, 5) is 28.8. The number of methoxy groups -OCH3 is 3. The average Bonchev–Trinajstić information content (AvgIpc) is 3.02. The summed E-state index contributed by atoms with van der Waals surface area (Å²) >= 11 is 1.21. The molecule has 0 atom stereocenters. The molecular weight excluding hydrogens is 387 g/mol. The molecule has 3 rings (SSSR count). The number of halogens is 1. The summed E-state index contributed by atoms with van der Waals surface area (Å²) in [5.74, 6) is -0.506. The van der Waals surface area contributed by atoms with Crippen molar-refractivity contribution in [3.63, 3.8) is 0 Å². The number of amides is 1. The lowest BCUT2D eigenvalue weighted by molar-refractivity contribution is -0.141. The molecule has 1 aromatic heterocycles. The van der Waals surface area contributed by atoms with Crippen molar-refractivity contribution in [3.05, 3.63) is 52.6 Å². The molecule has 1 heterocycles. The van der Waals surface area contributed by atoms with E-state index in [0.717, 1.165) is 4.70 Å². The zero-order valence-corrected chi connectivity index (χ0v) is 16.2. The minimum absolute atomic E-state index is 0.137. The van der Waals surface area contributed by atoms with Gasteiger partial charge in [0.2, 0.25) is 0 Å². The second-order valence-electron chi connectivity index (χ2n) is 5.65. The first-order valence-corrected chi connectivity index (χ1v) is 8.95. The molecule has 0 fully saturated rings. The summed E-state index contributed by atoms with van der Waals surface area (Å²) in [5.41, 5.74) is 0.873. The van der Waals surface area contributed by atoms with E-state index >= 15 is 0 Å². The third-order valence-electron chi connectivity index (χ3n) is 3.99.